The number of para-hydroxylation sites is 1. The minimum atomic E-state index is -0.845. The van der Waals surface area contributed by atoms with E-state index in [1.54, 1.807) is 56.3 Å². The van der Waals surface area contributed by atoms with Crippen molar-refractivity contribution in [3.8, 4) is 5.75 Å². The van der Waals surface area contributed by atoms with Crippen molar-refractivity contribution in [3.05, 3.63) is 64.1 Å². The van der Waals surface area contributed by atoms with Crippen LogP contribution in [0.4, 0.5) is 5.69 Å². The van der Waals surface area contributed by atoms with E-state index in [0.29, 0.717) is 17.0 Å². The first-order valence-corrected chi connectivity index (χ1v) is 9.75. The molecule has 1 aliphatic rings. The van der Waals surface area contributed by atoms with E-state index in [0.717, 1.165) is 4.47 Å². The van der Waals surface area contributed by atoms with Crippen molar-refractivity contribution < 1.29 is 23.9 Å². The fraction of sp³-hybridized carbons (Fsp3) is 0.190. The van der Waals surface area contributed by atoms with Gasteiger partial charge in [-0.25, -0.2) is 9.80 Å². The highest BCUT2D eigenvalue weighted by molar-refractivity contribution is 9.10. The molecule has 1 fully saturated rings. The molecule has 1 saturated heterocycles. The lowest BCUT2D eigenvalue weighted by Gasteiger charge is -2.15. The average molecular weight is 459 g/mol. The summed E-state index contributed by atoms with van der Waals surface area (Å²) in [5.41, 5.74) is 3.54. The minimum Gasteiger partial charge on any atom is -0.478 e. The second-order valence-corrected chi connectivity index (χ2v) is 7.09. The molecule has 8 heteroatoms. The molecule has 1 aliphatic heterocycles. The van der Waals surface area contributed by atoms with Crippen LogP contribution < -0.4 is 15.2 Å². The molecular formula is C21H19BrN2O5. The number of halogens is 1. The van der Waals surface area contributed by atoms with Gasteiger partial charge in [-0.15, -0.1) is 0 Å². The molecule has 0 spiro atoms. The largest absolute Gasteiger partial charge is 0.478 e. The number of esters is 1. The molecule has 150 valence electrons. The number of rotatable bonds is 6. The van der Waals surface area contributed by atoms with Gasteiger partial charge in [0.15, 0.2) is 6.10 Å². The van der Waals surface area contributed by atoms with Gasteiger partial charge in [0.05, 0.1) is 12.3 Å². The van der Waals surface area contributed by atoms with Gasteiger partial charge in [0.1, 0.15) is 11.3 Å². The van der Waals surface area contributed by atoms with Crippen molar-refractivity contribution in [2.24, 2.45) is 0 Å². The van der Waals surface area contributed by atoms with Gasteiger partial charge in [-0.1, -0.05) is 34.1 Å². The van der Waals surface area contributed by atoms with Crippen LogP contribution in [0.5, 0.6) is 5.75 Å². The van der Waals surface area contributed by atoms with Gasteiger partial charge >= 0.3 is 5.97 Å². The molecular weight excluding hydrogens is 440 g/mol. The van der Waals surface area contributed by atoms with Crippen LogP contribution in [0.3, 0.4) is 0 Å². The summed E-state index contributed by atoms with van der Waals surface area (Å²) in [4.78, 5) is 37.1. The molecule has 29 heavy (non-hydrogen) atoms. The standard InChI is InChI=1S/C21H19BrN2O5/c1-3-28-21(27)13(2)29-18-10-9-15(22)11-14(18)12-17-19(25)23-24(20(17)26)16-7-5-4-6-8-16/h4-13H,3H2,1-2H3,(H,23,25). The zero-order chi connectivity index (χ0) is 21.0. The van der Waals surface area contributed by atoms with Crippen LogP contribution in [0.15, 0.2) is 58.6 Å². The van der Waals surface area contributed by atoms with E-state index in [-0.39, 0.29) is 12.2 Å². The zero-order valence-electron chi connectivity index (χ0n) is 15.8. The Morgan fingerprint density at radius 3 is 2.62 bits per heavy atom. The third-order valence-electron chi connectivity index (χ3n) is 4.10. The average Bonchev–Trinajstić information content (AvgIpc) is 2.99. The number of nitrogens with zero attached hydrogens (tertiary/aromatic N) is 1. The van der Waals surface area contributed by atoms with Gasteiger partial charge in [-0.3, -0.25) is 15.0 Å². The predicted octanol–water partition coefficient (Wildman–Crippen LogP) is 3.24. The summed E-state index contributed by atoms with van der Waals surface area (Å²) in [6.45, 7) is 3.53. The second-order valence-electron chi connectivity index (χ2n) is 6.17. The summed E-state index contributed by atoms with van der Waals surface area (Å²) in [5.74, 6) is -1.16. The molecule has 0 aromatic heterocycles. The lowest BCUT2D eigenvalue weighted by atomic mass is 10.1. The topological polar surface area (TPSA) is 84.9 Å². The number of carbonyl (C=O) groups is 3. The van der Waals surface area contributed by atoms with Crippen molar-refractivity contribution in [2.45, 2.75) is 20.0 Å². The van der Waals surface area contributed by atoms with Gasteiger partial charge in [0.2, 0.25) is 0 Å². The molecule has 2 amide bonds. The molecule has 7 nitrogen and oxygen atoms in total. The third kappa shape index (κ3) is 4.65. The zero-order valence-corrected chi connectivity index (χ0v) is 17.4. The number of benzene rings is 2. The number of carbonyl (C=O) groups excluding carboxylic acids is 3. The van der Waals surface area contributed by atoms with E-state index >= 15 is 0 Å². The molecule has 2 aromatic carbocycles. The Morgan fingerprint density at radius 1 is 1.21 bits per heavy atom. The predicted molar refractivity (Wildman–Crippen MR) is 111 cm³/mol. The first kappa shape index (κ1) is 20.6. The minimum absolute atomic E-state index is 0.0411. The van der Waals surface area contributed by atoms with Gasteiger partial charge in [0, 0.05) is 10.0 Å². The second kappa shape index (κ2) is 8.91. The van der Waals surface area contributed by atoms with Crippen LogP contribution in [0.2, 0.25) is 0 Å². The quantitative estimate of drug-likeness (QED) is 0.408. The smallest absolute Gasteiger partial charge is 0.347 e. The Balaban J connectivity index is 1.91. The summed E-state index contributed by atoms with van der Waals surface area (Å²) >= 11 is 3.37. The highest BCUT2D eigenvalue weighted by atomic mass is 79.9. The third-order valence-corrected chi connectivity index (χ3v) is 4.59. The first-order valence-electron chi connectivity index (χ1n) is 8.95. The molecule has 0 aliphatic carbocycles. The SMILES string of the molecule is CCOC(=O)C(C)Oc1ccc(Br)cc1C=C1C(=O)NN(c2ccccc2)C1=O. The van der Waals surface area contributed by atoms with Gasteiger partial charge in [-0.2, -0.15) is 0 Å². The first-order chi connectivity index (χ1) is 13.9. The van der Waals surface area contributed by atoms with Crippen LogP contribution in [-0.2, 0) is 19.1 Å². The van der Waals surface area contributed by atoms with Crippen molar-refractivity contribution in [1.29, 1.82) is 0 Å². The number of hydrogen-bond donors (Lipinski definition) is 1. The molecule has 1 heterocycles. The van der Waals surface area contributed by atoms with E-state index in [9.17, 15) is 14.4 Å². The van der Waals surface area contributed by atoms with Crippen molar-refractivity contribution in [1.82, 2.24) is 5.43 Å². The number of hydrazine groups is 1. The Kier molecular flexibility index (Phi) is 6.33. The molecule has 2 aromatic rings. The maximum atomic E-state index is 12.8. The highest BCUT2D eigenvalue weighted by Gasteiger charge is 2.34. The van der Waals surface area contributed by atoms with Gasteiger partial charge in [-0.05, 0) is 50.3 Å². The summed E-state index contributed by atoms with van der Waals surface area (Å²) in [6.07, 6.45) is 0.598. The van der Waals surface area contributed by atoms with E-state index in [1.807, 2.05) is 6.07 Å². The van der Waals surface area contributed by atoms with E-state index in [2.05, 4.69) is 21.4 Å². The Hall–Kier alpha value is -3.13. The van der Waals surface area contributed by atoms with E-state index in [1.165, 1.54) is 11.1 Å². The summed E-state index contributed by atoms with van der Waals surface area (Å²) in [7, 11) is 0. The van der Waals surface area contributed by atoms with E-state index < -0.39 is 23.9 Å². The van der Waals surface area contributed by atoms with Gasteiger partial charge in [0.25, 0.3) is 11.8 Å². The Labute approximate surface area is 176 Å². The molecule has 0 bridgehead atoms. The molecule has 1 N–H and O–H groups in total. The maximum Gasteiger partial charge on any atom is 0.347 e. The number of nitrogens with one attached hydrogen (secondary N) is 1. The summed E-state index contributed by atoms with van der Waals surface area (Å²) in [5, 5.41) is 1.19. The van der Waals surface area contributed by atoms with Crippen LogP contribution in [0.1, 0.15) is 19.4 Å². The van der Waals surface area contributed by atoms with Crippen LogP contribution >= 0.6 is 15.9 Å². The molecule has 1 unspecified atom stereocenters. The summed E-state index contributed by atoms with van der Waals surface area (Å²) in [6, 6.07) is 13.9. The fourth-order valence-electron chi connectivity index (χ4n) is 2.71. The number of amides is 2. The molecule has 0 radical (unpaired) electrons. The number of anilines is 1. The van der Waals surface area contributed by atoms with Crippen LogP contribution in [0.25, 0.3) is 6.08 Å². The number of ether oxygens (including phenoxy) is 2. The van der Waals surface area contributed by atoms with Gasteiger partial charge < -0.3 is 9.47 Å². The lowest BCUT2D eigenvalue weighted by molar-refractivity contribution is -0.150. The normalized spacial score (nSPS) is 16.0. The van der Waals surface area contributed by atoms with Crippen molar-refractivity contribution >= 4 is 45.5 Å². The van der Waals surface area contributed by atoms with E-state index in [4.69, 9.17) is 9.47 Å². The van der Waals surface area contributed by atoms with Crippen LogP contribution in [0, 0.1) is 0 Å². The monoisotopic (exact) mass is 458 g/mol. The summed E-state index contributed by atoms with van der Waals surface area (Å²) < 4.78 is 11.4. The molecule has 0 saturated carbocycles. The lowest BCUT2D eigenvalue weighted by Crippen LogP contribution is -2.35. The Morgan fingerprint density at radius 2 is 1.93 bits per heavy atom. The maximum absolute atomic E-state index is 12.8. The highest BCUT2D eigenvalue weighted by Crippen LogP contribution is 2.29. The van der Waals surface area contributed by atoms with Crippen molar-refractivity contribution in [3.63, 3.8) is 0 Å². The molecule has 3 rings (SSSR count). The van der Waals surface area contributed by atoms with Crippen molar-refractivity contribution in [2.75, 3.05) is 11.6 Å². The number of hydrogen-bond acceptors (Lipinski definition) is 5. The fourth-order valence-corrected chi connectivity index (χ4v) is 3.09. The van der Waals surface area contributed by atoms with Crippen LogP contribution in [-0.4, -0.2) is 30.5 Å². The Bertz CT molecular complexity index is 974. The molecule has 1 atom stereocenters.